The zero-order valence-corrected chi connectivity index (χ0v) is 16.1. The normalized spacial score (nSPS) is 27.2. The molecule has 0 aromatic heterocycles. The number of aliphatic hydroxyl groups is 1. The largest absolute Gasteiger partial charge is 0.496 e. The molecule has 4 nitrogen and oxygen atoms in total. The fraction of sp³-hybridized carbons (Fsp3) is 0.435. The average Bonchev–Trinajstić information content (AvgIpc) is 2.72. The number of carbonyl (C=O) groups is 1. The summed E-state index contributed by atoms with van der Waals surface area (Å²) >= 11 is 0. The van der Waals surface area contributed by atoms with E-state index in [1.54, 1.807) is 7.11 Å². The van der Waals surface area contributed by atoms with E-state index < -0.39 is 5.60 Å². The summed E-state index contributed by atoms with van der Waals surface area (Å²) in [6.07, 6.45) is 4.25. The topological polar surface area (TPSA) is 49.8 Å². The summed E-state index contributed by atoms with van der Waals surface area (Å²) in [5.74, 6) is 0.177. The van der Waals surface area contributed by atoms with Gasteiger partial charge in [0.1, 0.15) is 11.6 Å². The molecule has 148 valence electrons. The van der Waals surface area contributed by atoms with Crippen molar-refractivity contribution in [2.24, 2.45) is 5.92 Å². The summed E-state index contributed by atoms with van der Waals surface area (Å²) in [6, 6.07) is 13.1. The van der Waals surface area contributed by atoms with Gasteiger partial charge in [0, 0.05) is 23.6 Å². The lowest BCUT2D eigenvalue weighted by Gasteiger charge is -2.52. The molecule has 2 aromatic carbocycles. The quantitative estimate of drug-likeness (QED) is 0.858. The number of hydrogen-bond acceptors (Lipinski definition) is 3. The second kappa shape index (κ2) is 7.55. The van der Waals surface area contributed by atoms with Crippen molar-refractivity contribution in [3.05, 3.63) is 65.5 Å². The SMILES string of the molecule is COc1ccccc1[C@H]1[C@@H]2CCCC[C@]2(O)CCN1C(=O)c1ccc(F)cc1. The van der Waals surface area contributed by atoms with Crippen molar-refractivity contribution in [2.45, 2.75) is 43.7 Å². The smallest absolute Gasteiger partial charge is 0.254 e. The molecule has 3 atom stereocenters. The van der Waals surface area contributed by atoms with Crippen molar-refractivity contribution in [2.75, 3.05) is 13.7 Å². The number of fused-ring (bicyclic) bond motifs is 1. The molecule has 0 bridgehead atoms. The van der Waals surface area contributed by atoms with E-state index in [0.717, 1.165) is 37.0 Å². The number of para-hydroxylation sites is 1. The number of carbonyl (C=O) groups excluding carboxylic acids is 1. The number of ether oxygens (including phenoxy) is 1. The number of amides is 1. The molecule has 1 heterocycles. The van der Waals surface area contributed by atoms with Crippen molar-refractivity contribution >= 4 is 5.91 Å². The summed E-state index contributed by atoms with van der Waals surface area (Å²) in [4.78, 5) is 15.2. The Morgan fingerprint density at radius 2 is 1.89 bits per heavy atom. The molecule has 0 radical (unpaired) electrons. The summed E-state index contributed by atoms with van der Waals surface area (Å²) in [7, 11) is 1.63. The lowest BCUT2D eigenvalue weighted by atomic mass is 9.66. The van der Waals surface area contributed by atoms with Gasteiger partial charge in [-0.15, -0.1) is 0 Å². The number of hydrogen-bond donors (Lipinski definition) is 1. The van der Waals surface area contributed by atoms with Crippen molar-refractivity contribution in [3.63, 3.8) is 0 Å². The highest BCUT2D eigenvalue weighted by molar-refractivity contribution is 5.94. The number of nitrogens with zero attached hydrogens (tertiary/aromatic N) is 1. The van der Waals surface area contributed by atoms with E-state index in [0.29, 0.717) is 18.5 Å². The predicted molar refractivity (Wildman–Crippen MR) is 105 cm³/mol. The fourth-order valence-corrected chi connectivity index (χ4v) is 4.96. The van der Waals surface area contributed by atoms with Gasteiger partial charge < -0.3 is 14.7 Å². The summed E-state index contributed by atoms with van der Waals surface area (Å²) in [5.41, 5.74) is 0.622. The number of halogens is 1. The Balaban J connectivity index is 1.78. The van der Waals surface area contributed by atoms with Crippen LogP contribution in [0.1, 0.15) is 54.1 Å². The maximum atomic E-state index is 13.4. The molecule has 4 rings (SSSR count). The fourth-order valence-electron chi connectivity index (χ4n) is 4.96. The Morgan fingerprint density at radius 1 is 1.14 bits per heavy atom. The summed E-state index contributed by atoms with van der Waals surface area (Å²) in [6.45, 7) is 0.464. The van der Waals surface area contributed by atoms with Crippen LogP contribution in [0.3, 0.4) is 0 Å². The lowest BCUT2D eigenvalue weighted by Crippen LogP contribution is -2.56. The van der Waals surface area contributed by atoms with Crippen LogP contribution in [0, 0.1) is 11.7 Å². The third kappa shape index (κ3) is 3.28. The number of piperidine rings is 1. The van der Waals surface area contributed by atoms with E-state index in [2.05, 4.69) is 0 Å². The van der Waals surface area contributed by atoms with Gasteiger partial charge in [-0.1, -0.05) is 31.0 Å². The van der Waals surface area contributed by atoms with E-state index in [1.807, 2.05) is 29.2 Å². The van der Waals surface area contributed by atoms with E-state index >= 15 is 0 Å². The average molecular weight is 383 g/mol. The van der Waals surface area contributed by atoms with Crippen LogP contribution in [0.15, 0.2) is 48.5 Å². The Kier molecular flexibility index (Phi) is 5.11. The minimum absolute atomic E-state index is 0.0456. The first-order valence-electron chi connectivity index (χ1n) is 9.95. The molecule has 1 saturated heterocycles. The van der Waals surface area contributed by atoms with E-state index in [9.17, 15) is 14.3 Å². The zero-order chi connectivity index (χ0) is 19.7. The minimum Gasteiger partial charge on any atom is -0.496 e. The molecule has 1 aliphatic carbocycles. The van der Waals surface area contributed by atoms with Crippen molar-refractivity contribution < 1.29 is 19.0 Å². The van der Waals surface area contributed by atoms with Crippen LogP contribution >= 0.6 is 0 Å². The van der Waals surface area contributed by atoms with Gasteiger partial charge in [-0.05, 0) is 49.6 Å². The highest BCUT2D eigenvalue weighted by atomic mass is 19.1. The number of rotatable bonds is 3. The highest BCUT2D eigenvalue weighted by Gasteiger charge is 2.50. The van der Waals surface area contributed by atoms with Gasteiger partial charge in [0.25, 0.3) is 5.91 Å². The molecular weight excluding hydrogens is 357 g/mol. The van der Waals surface area contributed by atoms with Gasteiger partial charge in [0.05, 0.1) is 18.8 Å². The molecule has 1 saturated carbocycles. The van der Waals surface area contributed by atoms with Crippen molar-refractivity contribution in [3.8, 4) is 5.75 Å². The molecule has 1 aliphatic heterocycles. The Hall–Kier alpha value is -2.40. The monoisotopic (exact) mass is 383 g/mol. The van der Waals surface area contributed by atoms with Gasteiger partial charge in [-0.25, -0.2) is 4.39 Å². The van der Waals surface area contributed by atoms with Crippen LogP contribution in [0.5, 0.6) is 5.75 Å². The standard InChI is InChI=1S/C23H26FNO3/c1-28-20-8-3-2-6-18(20)21-19-7-4-5-13-23(19,27)14-15-25(21)22(26)16-9-11-17(24)12-10-16/h2-3,6,8-12,19,21,27H,4-5,7,13-15H2,1H3/t19-,21-,23-/m0/s1. The van der Waals surface area contributed by atoms with Gasteiger partial charge in [0.15, 0.2) is 0 Å². The third-order valence-corrected chi connectivity index (χ3v) is 6.38. The van der Waals surface area contributed by atoms with E-state index in [1.165, 1.54) is 24.3 Å². The third-order valence-electron chi connectivity index (χ3n) is 6.38. The van der Waals surface area contributed by atoms with E-state index in [4.69, 9.17) is 4.74 Å². The lowest BCUT2D eigenvalue weighted by molar-refractivity contribution is -0.115. The summed E-state index contributed by atoms with van der Waals surface area (Å²) < 4.78 is 18.9. The molecule has 2 aromatic rings. The van der Waals surface area contributed by atoms with Crippen LogP contribution in [0.2, 0.25) is 0 Å². The molecule has 28 heavy (non-hydrogen) atoms. The molecule has 1 N–H and O–H groups in total. The Morgan fingerprint density at radius 3 is 2.64 bits per heavy atom. The van der Waals surface area contributed by atoms with Gasteiger partial charge in [0.2, 0.25) is 0 Å². The first-order valence-corrected chi connectivity index (χ1v) is 9.95. The molecule has 0 unspecified atom stereocenters. The molecule has 2 aliphatic rings. The minimum atomic E-state index is -0.761. The van der Waals surface area contributed by atoms with Gasteiger partial charge in [-0.3, -0.25) is 4.79 Å². The Labute approximate surface area is 164 Å². The molecule has 2 fully saturated rings. The molecule has 1 amide bonds. The van der Waals surface area contributed by atoms with Crippen LogP contribution in [-0.2, 0) is 0 Å². The van der Waals surface area contributed by atoms with Gasteiger partial charge >= 0.3 is 0 Å². The van der Waals surface area contributed by atoms with Crippen molar-refractivity contribution in [1.82, 2.24) is 4.90 Å². The first kappa shape index (κ1) is 18.9. The maximum absolute atomic E-state index is 13.4. The zero-order valence-electron chi connectivity index (χ0n) is 16.1. The number of benzene rings is 2. The first-order chi connectivity index (χ1) is 13.5. The molecular formula is C23H26FNO3. The molecule has 0 spiro atoms. The van der Waals surface area contributed by atoms with E-state index in [-0.39, 0.29) is 23.7 Å². The maximum Gasteiger partial charge on any atom is 0.254 e. The Bertz CT molecular complexity index is 853. The second-order valence-electron chi connectivity index (χ2n) is 7.90. The van der Waals surface area contributed by atoms with Crippen LogP contribution in [0.25, 0.3) is 0 Å². The summed E-state index contributed by atoms with van der Waals surface area (Å²) in [5, 5.41) is 11.4. The van der Waals surface area contributed by atoms with Gasteiger partial charge in [-0.2, -0.15) is 0 Å². The number of likely N-dealkylation sites (tertiary alicyclic amines) is 1. The van der Waals surface area contributed by atoms with Crippen LogP contribution in [-0.4, -0.2) is 35.2 Å². The number of methoxy groups -OCH3 is 1. The predicted octanol–water partition coefficient (Wildman–Crippen LogP) is 4.34. The van der Waals surface area contributed by atoms with Crippen LogP contribution < -0.4 is 4.74 Å². The second-order valence-corrected chi connectivity index (χ2v) is 7.90. The highest BCUT2D eigenvalue weighted by Crippen LogP contribution is 2.51. The molecule has 5 heteroatoms. The van der Waals surface area contributed by atoms with Crippen LogP contribution in [0.4, 0.5) is 4.39 Å². The van der Waals surface area contributed by atoms with Crippen molar-refractivity contribution in [1.29, 1.82) is 0 Å².